The molecule has 0 aliphatic carbocycles. The Morgan fingerprint density at radius 1 is 0.861 bits per heavy atom. The van der Waals surface area contributed by atoms with Crippen LogP contribution >= 0.6 is 11.3 Å². The summed E-state index contributed by atoms with van der Waals surface area (Å²) in [6.07, 6.45) is 0. The van der Waals surface area contributed by atoms with Crippen molar-refractivity contribution in [2.75, 3.05) is 19.5 Å². The molecule has 0 aliphatic rings. The van der Waals surface area contributed by atoms with E-state index in [4.69, 9.17) is 14.5 Å². The predicted molar refractivity (Wildman–Crippen MR) is 142 cm³/mol. The van der Waals surface area contributed by atoms with Crippen LogP contribution in [0.2, 0.25) is 0 Å². The van der Waals surface area contributed by atoms with Crippen LogP contribution in [0.4, 0.5) is 5.82 Å². The zero-order valence-electron chi connectivity index (χ0n) is 20.1. The number of aryl methyl sites for hydroxylation is 1. The average Bonchev–Trinajstić information content (AvgIpc) is 3.55. The first-order valence-corrected chi connectivity index (χ1v) is 12.2. The Bertz CT molecular complexity index is 1510. The highest BCUT2D eigenvalue weighted by molar-refractivity contribution is 7.12. The van der Waals surface area contributed by atoms with E-state index in [0.29, 0.717) is 28.0 Å². The molecule has 1 amide bonds. The maximum atomic E-state index is 13.0. The van der Waals surface area contributed by atoms with Crippen LogP contribution in [0.15, 0.2) is 84.2 Å². The number of benzene rings is 3. The van der Waals surface area contributed by atoms with Crippen molar-refractivity contribution in [2.24, 2.45) is 0 Å². The van der Waals surface area contributed by atoms with E-state index in [1.54, 1.807) is 18.9 Å². The van der Waals surface area contributed by atoms with Crippen molar-refractivity contribution in [3.8, 4) is 39.0 Å². The third-order valence-corrected chi connectivity index (χ3v) is 6.50. The molecule has 0 saturated heterocycles. The largest absolute Gasteiger partial charge is 0.493 e. The predicted octanol–water partition coefficient (Wildman–Crippen LogP) is 6.24. The molecule has 0 spiro atoms. The van der Waals surface area contributed by atoms with Crippen LogP contribution in [-0.4, -0.2) is 34.9 Å². The Morgan fingerprint density at radius 2 is 1.56 bits per heavy atom. The lowest BCUT2D eigenvalue weighted by Gasteiger charge is -2.09. The fourth-order valence-corrected chi connectivity index (χ4v) is 4.65. The summed E-state index contributed by atoms with van der Waals surface area (Å²) < 4.78 is 12.4. The molecule has 1 N–H and O–H groups in total. The lowest BCUT2D eigenvalue weighted by atomic mass is 10.0. The van der Waals surface area contributed by atoms with Gasteiger partial charge < -0.3 is 14.8 Å². The summed E-state index contributed by atoms with van der Waals surface area (Å²) in [7, 11) is 3.21. The van der Waals surface area contributed by atoms with E-state index in [2.05, 4.69) is 10.4 Å². The monoisotopic (exact) mass is 496 g/mol. The van der Waals surface area contributed by atoms with Gasteiger partial charge in [0, 0.05) is 22.6 Å². The molecule has 8 heteroatoms. The van der Waals surface area contributed by atoms with Crippen LogP contribution in [0.1, 0.15) is 16.1 Å². The van der Waals surface area contributed by atoms with E-state index >= 15 is 0 Å². The molecule has 7 nitrogen and oxygen atoms in total. The number of carbonyl (C=O) groups is 1. The number of rotatable bonds is 7. The summed E-state index contributed by atoms with van der Waals surface area (Å²) in [4.78, 5) is 17.8. The molecule has 0 aliphatic heterocycles. The number of carbonyl (C=O) groups excluding carboxylic acids is 1. The molecule has 2 heterocycles. The van der Waals surface area contributed by atoms with Crippen molar-refractivity contribution in [3.63, 3.8) is 0 Å². The average molecular weight is 497 g/mol. The SMILES string of the molecule is COc1ccc(-c2csc(-n3nc(C)cc3NC(=O)c3ccc(-c4ccccc4)cc3)n2)cc1OC. The molecule has 0 unspecified atom stereocenters. The fraction of sp³-hybridized carbons (Fsp3) is 0.107. The van der Waals surface area contributed by atoms with Gasteiger partial charge in [-0.25, -0.2) is 4.98 Å². The molecular weight excluding hydrogens is 472 g/mol. The molecule has 5 aromatic rings. The number of nitrogens with zero attached hydrogens (tertiary/aromatic N) is 3. The summed E-state index contributed by atoms with van der Waals surface area (Å²) in [6, 6.07) is 25.1. The number of nitrogens with one attached hydrogen (secondary N) is 1. The second kappa shape index (κ2) is 10.1. The van der Waals surface area contributed by atoms with Crippen molar-refractivity contribution in [1.82, 2.24) is 14.8 Å². The van der Waals surface area contributed by atoms with E-state index in [1.807, 2.05) is 91.2 Å². The van der Waals surface area contributed by atoms with Gasteiger partial charge in [-0.15, -0.1) is 11.3 Å². The third-order valence-electron chi connectivity index (χ3n) is 5.68. The molecule has 0 atom stereocenters. The molecule has 36 heavy (non-hydrogen) atoms. The number of anilines is 1. The van der Waals surface area contributed by atoms with Gasteiger partial charge in [0.05, 0.1) is 25.6 Å². The van der Waals surface area contributed by atoms with Crippen molar-refractivity contribution in [3.05, 3.63) is 95.5 Å². The summed E-state index contributed by atoms with van der Waals surface area (Å²) in [5.74, 6) is 1.62. The Hall–Kier alpha value is -4.43. The summed E-state index contributed by atoms with van der Waals surface area (Å²) in [5, 5.41) is 10.1. The van der Waals surface area contributed by atoms with Gasteiger partial charge in [0.2, 0.25) is 5.13 Å². The number of aromatic nitrogens is 3. The number of amides is 1. The Balaban J connectivity index is 1.37. The van der Waals surface area contributed by atoms with Crippen molar-refractivity contribution < 1.29 is 14.3 Å². The minimum Gasteiger partial charge on any atom is -0.493 e. The van der Waals surface area contributed by atoms with Gasteiger partial charge in [-0.3, -0.25) is 4.79 Å². The maximum Gasteiger partial charge on any atom is 0.256 e. The number of hydrogen-bond donors (Lipinski definition) is 1. The highest BCUT2D eigenvalue weighted by Gasteiger charge is 2.16. The highest BCUT2D eigenvalue weighted by atomic mass is 32.1. The summed E-state index contributed by atoms with van der Waals surface area (Å²) in [6.45, 7) is 1.88. The first kappa shape index (κ1) is 23.3. The van der Waals surface area contributed by atoms with Crippen LogP contribution < -0.4 is 14.8 Å². The molecule has 0 radical (unpaired) electrons. The quantitative estimate of drug-likeness (QED) is 0.289. The lowest BCUT2D eigenvalue weighted by molar-refractivity contribution is 0.102. The number of hydrogen-bond acceptors (Lipinski definition) is 6. The zero-order chi connectivity index (χ0) is 25.1. The Kier molecular flexibility index (Phi) is 6.51. The Labute approximate surface area is 213 Å². The van der Waals surface area contributed by atoms with E-state index in [-0.39, 0.29) is 5.91 Å². The van der Waals surface area contributed by atoms with Gasteiger partial charge in [-0.05, 0) is 48.4 Å². The number of methoxy groups -OCH3 is 2. The van der Waals surface area contributed by atoms with Gasteiger partial charge in [-0.1, -0.05) is 42.5 Å². The fourth-order valence-electron chi connectivity index (χ4n) is 3.86. The molecule has 5 rings (SSSR count). The minimum atomic E-state index is -0.215. The molecule has 0 bridgehead atoms. The molecule has 3 aromatic carbocycles. The van der Waals surface area contributed by atoms with Gasteiger partial charge in [0.15, 0.2) is 11.5 Å². The van der Waals surface area contributed by atoms with Crippen molar-refractivity contribution in [1.29, 1.82) is 0 Å². The second-order valence-electron chi connectivity index (χ2n) is 8.07. The van der Waals surface area contributed by atoms with Gasteiger partial charge in [0.1, 0.15) is 5.82 Å². The van der Waals surface area contributed by atoms with Crippen molar-refractivity contribution in [2.45, 2.75) is 6.92 Å². The number of thiazole rings is 1. The van der Waals surface area contributed by atoms with Crippen LogP contribution in [0.5, 0.6) is 11.5 Å². The lowest BCUT2D eigenvalue weighted by Crippen LogP contribution is -2.15. The number of ether oxygens (including phenoxy) is 2. The van der Waals surface area contributed by atoms with E-state index in [1.165, 1.54) is 11.3 Å². The van der Waals surface area contributed by atoms with E-state index in [9.17, 15) is 4.79 Å². The third kappa shape index (κ3) is 4.71. The minimum absolute atomic E-state index is 0.215. The first-order chi connectivity index (χ1) is 17.6. The van der Waals surface area contributed by atoms with Crippen molar-refractivity contribution >= 4 is 23.1 Å². The Morgan fingerprint density at radius 3 is 2.28 bits per heavy atom. The van der Waals surface area contributed by atoms with Crippen LogP contribution in [-0.2, 0) is 0 Å². The van der Waals surface area contributed by atoms with Gasteiger partial charge in [-0.2, -0.15) is 9.78 Å². The molecule has 0 saturated carbocycles. The molecule has 2 aromatic heterocycles. The molecule has 180 valence electrons. The van der Waals surface area contributed by atoms with Crippen LogP contribution in [0.25, 0.3) is 27.5 Å². The standard InChI is InChI=1S/C28H24N4O3S/c1-18-15-26(30-27(33)21-11-9-20(10-12-21)19-7-5-4-6-8-19)32(31-18)28-29-23(17-36-28)22-13-14-24(34-2)25(16-22)35-3/h4-17H,1-3H3,(H,30,33). The second-order valence-corrected chi connectivity index (χ2v) is 8.90. The molecule has 0 fully saturated rings. The molecular formula is C28H24N4O3S. The van der Waals surface area contributed by atoms with E-state index < -0.39 is 0 Å². The maximum absolute atomic E-state index is 13.0. The smallest absolute Gasteiger partial charge is 0.256 e. The summed E-state index contributed by atoms with van der Waals surface area (Å²) >= 11 is 1.44. The van der Waals surface area contributed by atoms with E-state index in [0.717, 1.165) is 28.1 Å². The summed E-state index contributed by atoms with van der Waals surface area (Å²) in [5.41, 5.74) is 5.16. The van der Waals surface area contributed by atoms with Crippen LogP contribution in [0.3, 0.4) is 0 Å². The van der Waals surface area contributed by atoms with Gasteiger partial charge >= 0.3 is 0 Å². The highest BCUT2D eigenvalue weighted by Crippen LogP contribution is 2.33. The topological polar surface area (TPSA) is 78.3 Å². The zero-order valence-corrected chi connectivity index (χ0v) is 20.9. The van der Waals surface area contributed by atoms with Crippen LogP contribution in [0, 0.1) is 6.92 Å². The first-order valence-electron chi connectivity index (χ1n) is 11.3. The normalized spacial score (nSPS) is 10.8. The van der Waals surface area contributed by atoms with Gasteiger partial charge in [0.25, 0.3) is 5.91 Å².